The molecular weight excluding hydrogens is 268 g/mol. The Morgan fingerprint density at radius 1 is 1.33 bits per heavy atom. The molecular formula is C16H18N2O3. The Kier molecular flexibility index (Phi) is 5.38. The van der Waals surface area contributed by atoms with Crippen LogP contribution >= 0.6 is 0 Å². The highest BCUT2D eigenvalue weighted by atomic mass is 16.5. The Morgan fingerprint density at radius 2 is 2.14 bits per heavy atom. The average molecular weight is 286 g/mol. The number of hydrogen-bond donors (Lipinski definition) is 2. The molecule has 0 radical (unpaired) electrons. The summed E-state index contributed by atoms with van der Waals surface area (Å²) in [6.07, 6.45) is -0.659. The van der Waals surface area contributed by atoms with Gasteiger partial charge in [-0.05, 0) is 31.2 Å². The summed E-state index contributed by atoms with van der Waals surface area (Å²) in [6.45, 7) is 2.95. The standard InChI is InChI=1S/C16H18N2O3/c1-12-6-7-15(21-12)10-18-9-14(19)11-20-16-5-3-2-4-13(16)8-17/h2-7,14,18-19H,9-11H2,1H3. The normalized spacial score (nSPS) is 11.9. The lowest BCUT2D eigenvalue weighted by atomic mass is 10.2. The Morgan fingerprint density at radius 3 is 2.86 bits per heavy atom. The maximum Gasteiger partial charge on any atom is 0.137 e. The highest BCUT2D eigenvalue weighted by Crippen LogP contribution is 2.16. The third-order valence-electron chi connectivity index (χ3n) is 2.91. The minimum atomic E-state index is -0.659. The van der Waals surface area contributed by atoms with Gasteiger partial charge in [0.1, 0.15) is 36.1 Å². The third kappa shape index (κ3) is 4.63. The Bertz CT molecular complexity index is 616. The van der Waals surface area contributed by atoms with Crippen LogP contribution in [0.5, 0.6) is 5.75 Å². The van der Waals surface area contributed by atoms with E-state index in [1.807, 2.05) is 19.1 Å². The van der Waals surface area contributed by atoms with Crippen molar-refractivity contribution in [1.82, 2.24) is 5.32 Å². The molecule has 0 spiro atoms. The zero-order valence-corrected chi connectivity index (χ0v) is 11.9. The molecule has 1 unspecified atom stereocenters. The van der Waals surface area contributed by atoms with Gasteiger partial charge >= 0.3 is 0 Å². The lowest BCUT2D eigenvalue weighted by Crippen LogP contribution is -2.31. The number of aliphatic hydroxyl groups excluding tert-OH is 1. The first-order chi connectivity index (χ1) is 10.2. The number of para-hydroxylation sites is 1. The molecule has 110 valence electrons. The Hall–Kier alpha value is -2.29. The molecule has 2 rings (SSSR count). The summed E-state index contributed by atoms with van der Waals surface area (Å²) < 4.78 is 10.9. The van der Waals surface area contributed by atoms with Crippen LogP contribution in [-0.2, 0) is 6.54 Å². The first-order valence-electron chi connectivity index (χ1n) is 6.75. The number of nitriles is 1. The van der Waals surface area contributed by atoms with E-state index in [1.165, 1.54) is 0 Å². The minimum absolute atomic E-state index is 0.128. The van der Waals surface area contributed by atoms with Crippen molar-refractivity contribution in [3.63, 3.8) is 0 Å². The SMILES string of the molecule is Cc1ccc(CNCC(O)COc2ccccc2C#N)o1. The molecule has 0 fully saturated rings. The van der Waals surface area contributed by atoms with Crippen molar-refractivity contribution in [2.45, 2.75) is 19.6 Å². The van der Waals surface area contributed by atoms with E-state index >= 15 is 0 Å². The van der Waals surface area contributed by atoms with Crippen molar-refractivity contribution >= 4 is 0 Å². The summed E-state index contributed by atoms with van der Waals surface area (Å²) in [7, 11) is 0. The van der Waals surface area contributed by atoms with Crippen LogP contribution in [0.2, 0.25) is 0 Å². The van der Waals surface area contributed by atoms with Crippen LogP contribution in [0.15, 0.2) is 40.8 Å². The van der Waals surface area contributed by atoms with Crippen LogP contribution in [0.4, 0.5) is 0 Å². The van der Waals surface area contributed by atoms with Crippen molar-refractivity contribution in [3.05, 3.63) is 53.5 Å². The molecule has 0 saturated heterocycles. The van der Waals surface area contributed by atoms with Crippen LogP contribution in [0.1, 0.15) is 17.1 Å². The molecule has 2 N–H and O–H groups in total. The highest BCUT2D eigenvalue weighted by molar-refractivity contribution is 5.42. The fourth-order valence-corrected chi connectivity index (χ4v) is 1.87. The smallest absolute Gasteiger partial charge is 0.137 e. The van der Waals surface area contributed by atoms with E-state index in [-0.39, 0.29) is 6.61 Å². The second-order valence-corrected chi connectivity index (χ2v) is 4.72. The second-order valence-electron chi connectivity index (χ2n) is 4.72. The third-order valence-corrected chi connectivity index (χ3v) is 2.91. The molecule has 0 aliphatic rings. The van der Waals surface area contributed by atoms with Crippen LogP contribution in [0.3, 0.4) is 0 Å². The molecule has 5 heteroatoms. The summed E-state index contributed by atoms with van der Waals surface area (Å²) in [5.41, 5.74) is 0.462. The van der Waals surface area contributed by atoms with Gasteiger partial charge in [0.15, 0.2) is 0 Å². The van der Waals surface area contributed by atoms with Crippen LogP contribution < -0.4 is 10.1 Å². The fraction of sp³-hybridized carbons (Fsp3) is 0.312. The van der Waals surface area contributed by atoms with Gasteiger partial charge in [-0.25, -0.2) is 0 Å². The molecule has 1 aromatic heterocycles. The van der Waals surface area contributed by atoms with E-state index in [4.69, 9.17) is 14.4 Å². The van der Waals surface area contributed by atoms with Crippen molar-refractivity contribution in [2.24, 2.45) is 0 Å². The van der Waals surface area contributed by atoms with Gasteiger partial charge in [-0.3, -0.25) is 0 Å². The first-order valence-corrected chi connectivity index (χ1v) is 6.75. The number of ether oxygens (including phenoxy) is 1. The van der Waals surface area contributed by atoms with Gasteiger partial charge in [-0.2, -0.15) is 5.26 Å². The predicted molar refractivity (Wildman–Crippen MR) is 77.8 cm³/mol. The highest BCUT2D eigenvalue weighted by Gasteiger charge is 2.08. The molecule has 1 heterocycles. The number of aliphatic hydroxyl groups is 1. The van der Waals surface area contributed by atoms with Crippen molar-refractivity contribution in [2.75, 3.05) is 13.2 Å². The van der Waals surface area contributed by atoms with Crippen LogP contribution in [0.25, 0.3) is 0 Å². The molecule has 5 nitrogen and oxygen atoms in total. The van der Waals surface area contributed by atoms with E-state index in [9.17, 15) is 5.11 Å². The molecule has 0 amide bonds. The first kappa shape index (κ1) is 15.1. The molecule has 0 saturated carbocycles. The van der Waals surface area contributed by atoms with Gasteiger partial charge in [0, 0.05) is 6.54 Å². The van der Waals surface area contributed by atoms with E-state index in [0.29, 0.717) is 24.4 Å². The monoisotopic (exact) mass is 286 g/mol. The zero-order valence-electron chi connectivity index (χ0n) is 11.9. The number of nitrogens with one attached hydrogen (secondary N) is 1. The van der Waals surface area contributed by atoms with Gasteiger partial charge < -0.3 is 19.6 Å². The number of benzene rings is 1. The number of rotatable bonds is 7. The average Bonchev–Trinajstić information content (AvgIpc) is 2.91. The van der Waals surface area contributed by atoms with E-state index < -0.39 is 6.10 Å². The fourth-order valence-electron chi connectivity index (χ4n) is 1.87. The van der Waals surface area contributed by atoms with Gasteiger partial charge in [-0.1, -0.05) is 12.1 Å². The summed E-state index contributed by atoms with van der Waals surface area (Å²) in [6, 6.07) is 12.8. The topological polar surface area (TPSA) is 78.4 Å². The maximum absolute atomic E-state index is 9.86. The van der Waals surface area contributed by atoms with Gasteiger partial charge in [0.05, 0.1) is 12.1 Å². The van der Waals surface area contributed by atoms with Gasteiger partial charge in [0.25, 0.3) is 0 Å². The molecule has 1 atom stereocenters. The predicted octanol–water partition coefficient (Wildman–Crippen LogP) is 1.99. The van der Waals surface area contributed by atoms with E-state index in [0.717, 1.165) is 11.5 Å². The number of aryl methyl sites for hydroxylation is 1. The Labute approximate surface area is 123 Å². The summed E-state index contributed by atoms with van der Waals surface area (Å²) >= 11 is 0. The molecule has 21 heavy (non-hydrogen) atoms. The molecule has 0 bridgehead atoms. The minimum Gasteiger partial charge on any atom is -0.489 e. The Balaban J connectivity index is 1.72. The van der Waals surface area contributed by atoms with E-state index in [1.54, 1.807) is 24.3 Å². The molecule has 0 aliphatic heterocycles. The number of nitrogens with zero attached hydrogens (tertiary/aromatic N) is 1. The largest absolute Gasteiger partial charge is 0.489 e. The lowest BCUT2D eigenvalue weighted by molar-refractivity contribution is 0.105. The summed E-state index contributed by atoms with van der Waals surface area (Å²) in [4.78, 5) is 0. The maximum atomic E-state index is 9.86. The van der Waals surface area contributed by atoms with E-state index in [2.05, 4.69) is 11.4 Å². The van der Waals surface area contributed by atoms with Crippen molar-refractivity contribution < 1.29 is 14.3 Å². The van der Waals surface area contributed by atoms with Crippen molar-refractivity contribution in [3.8, 4) is 11.8 Å². The number of hydrogen-bond acceptors (Lipinski definition) is 5. The quantitative estimate of drug-likeness (QED) is 0.814. The molecule has 0 aliphatic carbocycles. The molecule has 1 aromatic carbocycles. The summed E-state index contributed by atoms with van der Waals surface area (Å²) in [5, 5.41) is 21.9. The van der Waals surface area contributed by atoms with Crippen LogP contribution in [-0.4, -0.2) is 24.4 Å². The van der Waals surface area contributed by atoms with Gasteiger partial charge in [0.2, 0.25) is 0 Å². The van der Waals surface area contributed by atoms with Crippen LogP contribution in [0, 0.1) is 18.3 Å². The summed E-state index contributed by atoms with van der Waals surface area (Å²) in [5.74, 6) is 2.18. The van der Waals surface area contributed by atoms with Gasteiger partial charge in [-0.15, -0.1) is 0 Å². The number of furan rings is 1. The van der Waals surface area contributed by atoms with Crippen molar-refractivity contribution in [1.29, 1.82) is 5.26 Å². The zero-order chi connectivity index (χ0) is 15.1. The molecule has 2 aromatic rings. The lowest BCUT2D eigenvalue weighted by Gasteiger charge is -2.13. The second kappa shape index (κ2) is 7.48.